The summed E-state index contributed by atoms with van der Waals surface area (Å²) >= 11 is 0. The van der Waals surface area contributed by atoms with Gasteiger partial charge in [0.2, 0.25) is 11.7 Å². The molecule has 1 N–H and O–H groups in total. The van der Waals surface area contributed by atoms with Crippen LogP contribution in [0.25, 0.3) is 0 Å². The summed E-state index contributed by atoms with van der Waals surface area (Å²) < 4.78 is 15.5. The summed E-state index contributed by atoms with van der Waals surface area (Å²) in [5, 5.41) is 2.74. The van der Waals surface area contributed by atoms with Gasteiger partial charge in [0.15, 0.2) is 11.5 Å². The number of benzene rings is 1. The number of hydrogen-bond donors (Lipinski definition) is 1. The zero-order valence-corrected chi connectivity index (χ0v) is 12.9. The Kier molecular flexibility index (Phi) is 10.1. The third-order valence-corrected chi connectivity index (χ3v) is 2.27. The highest BCUT2D eigenvalue weighted by Crippen LogP contribution is 2.39. The molecule has 0 saturated heterocycles. The van der Waals surface area contributed by atoms with Crippen molar-refractivity contribution >= 4 is 36.4 Å². The molecule has 7 heteroatoms. The molecule has 110 valence electrons. The minimum absolute atomic E-state index is 0. The second-order valence-electron chi connectivity index (χ2n) is 3.32. The lowest BCUT2D eigenvalue weighted by Crippen LogP contribution is -2.09. The summed E-state index contributed by atoms with van der Waals surface area (Å²) in [6, 6.07) is 3.38. The molecule has 0 aliphatic carbocycles. The monoisotopic (exact) mass is 311 g/mol. The van der Waals surface area contributed by atoms with E-state index >= 15 is 0 Å². The van der Waals surface area contributed by atoms with Gasteiger partial charge in [-0.2, -0.15) is 0 Å². The molecule has 0 heterocycles. The number of anilines is 1. The summed E-state index contributed by atoms with van der Waals surface area (Å²) in [6.45, 7) is 1.79. The van der Waals surface area contributed by atoms with E-state index in [2.05, 4.69) is 5.32 Å². The molecular weight excluding hydrogens is 293 g/mol. The number of carbonyl (C=O) groups excluding carboxylic acids is 1. The van der Waals surface area contributed by atoms with E-state index in [0.717, 1.165) is 0 Å². The highest BCUT2D eigenvalue weighted by atomic mass is 35.5. The Morgan fingerprint density at radius 2 is 1.53 bits per heavy atom. The maximum Gasteiger partial charge on any atom is 0.224 e. The summed E-state index contributed by atoms with van der Waals surface area (Å²) in [5.74, 6) is 1.46. The summed E-state index contributed by atoms with van der Waals surface area (Å²) in [7, 11) is 4.59. The Hall–Kier alpha value is -1.33. The van der Waals surface area contributed by atoms with Crippen LogP contribution < -0.4 is 19.5 Å². The van der Waals surface area contributed by atoms with Crippen LogP contribution in [0.2, 0.25) is 0 Å². The van der Waals surface area contributed by atoms with Gasteiger partial charge in [0, 0.05) is 24.2 Å². The Morgan fingerprint density at radius 1 is 1.05 bits per heavy atom. The number of ether oxygens (including phenoxy) is 3. The first-order valence-corrected chi connectivity index (χ1v) is 5.26. The van der Waals surface area contributed by atoms with Gasteiger partial charge in [-0.25, -0.2) is 0 Å². The quantitative estimate of drug-likeness (QED) is 0.908. The minimum atomic E-state index is -0.0701. The molecule has 0 bridgehead atoms. The predicted octanol–water partition coefficient (Wildman–Crippen LogP) is 2.90. The van der Waals surface area contributed by atoms with E-state index in [1.54, 1.807) is 19.1 Å². The van der Waals surface area contributed by atoms with Gasteiger partial charge in [-0.3, -0.25) is 4.79 Å². The topological polar surface area (TPSA) is 56.8 Å². The molecule has 0 radical (unpaired) electrons. The minimum Gasteiger partial charge on any atom is -0.493 e. The third-order valence-electron chi connectivity index (χ3n) is 2.27. The molecule has 0 aromatic heterocycles. The Labute approximate surface area is 125 Å². The van der Waals surface area contributed by atoms with Crippen molar-refractivity contribution in [1.29, 1.82) is 0 Å². The molecule has 1 rings (SSSR count). The van der Waals surface area contributed by atoms with Gasteiger partial charge >= 0.3 is 0 Å². The zero-order valence-electron chi connectivity index (χ0n) is 11.3. The molecule has 5 nitrogen and oxygen atoms in total. The number of hydrogen-bond acceptors (Lipinski definition) is 4. The van der Waals surface area contributed by atoms with Crippen LogP contribution in [0.5, 0.6) is 17.2 Å². The molecule has 0 aliphatic rings. The van der Waals surface area contributed by atoms with Crippen molar-refractivity contribution in [1.82, 2.24) is 0 Å². The van der Waals surface area contributed by atoms with E-state index < -0.39 is 0 Å². The third kappa shape index (κ3) is 5.04. The van der Waals surface area contributed by atoms with E-state index in [1.165, 1.54) is 21.3 Å². The number of amides is 1. The van der Waals surface area contributed by atoms with Gasteiger partial charge in [0.05, 0.1) is 21.3 Å². The maximum absolute atomic E-state index is 11.3. The molecule has 1 amide bonds. The molecule has 0 saturated carbocycles. The largest absolute Gasteiger partial charge is 0.493 e. The van der Waals surface area contributed by atoms with Gasteiger partial charge in [0.1, 0.15) is 0 Å². The average molecular weight is 312 g/mol. The highest BCUT2D eigenvalue weighted by molar-refractivity contribution is 5.91. The Balaban J connectivity index is 0. The number of nitrogens with one attached hydrogen (secondary N) is 1. The fourth-order valence-electron chi connectivity index (χ4n) is 1.40. The van der Waals surface area contributed by atoms with Gasteiger partial charge in [-0.1, -0.05) is 6.92 Å². The second-order valence-corrected chi connectivity index (χ2v) is 3.32. The van der Waals surface area contributed by atoms with Crippen LogP contribution in [-0.2, 0) is 4.79 Å². The van der Waals surface area contributed by atoms with E-state index in [1.807, 2.05) is 0 Å². The first kappa shape index (κ1) is 20.0. The lowest BCUT2D eigenvalue weighted by molar-refractivity contribution is -0.115. The first-order valence-electron chi connectivity index (χ1n) is 5.26. The maximum atomic E-state index is 11.3. The fraction of sp³-hybridized carbons (Fsp3) is 0.417. The lowest BCUT2D eigenvalue weighted by atomic mass is 10.2. The fourth-order valence-corrected chi connectivity index (χ4v) is 1.40. The van der Waals surface area contributed by atoms with E-state index in [0.29, 0.717) is 29.4 Å². The highest BCUT2D eigenvalue weighted by Gasteiger charge is 2.13. The Bertz CT molecular complexity index is 388. The van der Waals surface area contributed by atoms with Crippen LogP contribution in [0.4, 0.5) is 5.69 Å². The van der Waals surface area contributed by atoms with E-state index in [-0.39, 0.29) is 30.7 Å². The molecule has 1 aromatic carbocycles. The van der Waals surface area contributed by atoms with Crippen molar-refractivity contribution in [2.75, 3.05) is 26.6 Å². The average Bonchev–Trinajstić information content (AvgIpc) is 2.37. The normalized spacial score (nSPS) is 8.63. The van der Waals surface area contributed by atoms with Crippen LogP contribution in [0.1, 0.15) is 13.3 Å². The van der Waals surface area contributed by atoms with Crippen molar-refractivity contribution in [3.63, 3.8) is 0 Å². The Morgan fingerprint density at radius 3 is 1.84 bits per heavy atom. The van der Waals surface area contributed by atoms with E-state index in [4.69, 9.17) is 14.2 Å². The lowest BCUT2D eigenvalue weighted by Gasteiger charge is -2.14. The molecule has 0 fully saturated rings. The van der Waals surface area contributed by atoms with Crippen LogP contribution in [-0.4, -0.2) is 27.2 Å². The first-order chi connectivity index (χ1) is 8.15. The van der Waals surface area contributed by atoms with Gasteiger partial charge in [-0.15, -0.1) is 24.8 Å². The number of methoxy groups -OCH3 is 3. The zero-order chi connectivity index (χ0) is 12.8. The van der Waals surface area contributed by atoms with E-state index in [9.17, 15) is 4.79 Å². The van der Waals surface area contributed by atoms with Crippen LogP contribution in [0.15, 0.2) is 12.1 Å². The molecule has 0 spiro atoms. The number of carbonyl (C=O) groups is 1. The predicted molar refractivity (Wildman–Crippen MR) is 79.5 cm³/mol. The van der Waals surface area contributed by atoms with Gasteiger partial charge in [0.25, 0.3) is 0 Å². The van der Waals surface area contributed by atoms with Crippen molar-refractivity contribution in [2.45, 2.75) is 13.3 Å². The van der Waals surface area contributed by atoms with Crippen molar-refractivity contribution in [3.8, 4) is 17.2 Å². The molecule has 1 aromatic rings. The van der Waals surface area contributed by atoms with Gasteiger partial charge < -0.3 is 19.5 Å². The molecule has 0 aliphatic heterocycles. The molecule has 19 heavy (non-hydrogen) atoms. The van der Waals surface area contributed by atoms with Crippen LogP contribution in [0, 0.1) is 0 Å². The summed E-state index contributed by atoms with van der Waals surface area (Å²) in [6.07, 6.45) is 0.413. The molecule has 0 unspecified atom stereocenters. The molecular formula is C12H19Cl2NO4. The van der Waals surface area contributed by atoms with Gasteiger partial charge in [-0.05, 0) is 0 Å². The van der Waals surface area contributed by atoms with Crippen molar-refractivity contribution in [3.05, 3.63) is 12.1 Å². The SMILES string of the molecule is CCC(=O)Nc1cc(OC)c(OC)c(OC)c1.Cl.Cl. The van der Waals surface area contributed by atoms with Crippen molar-refractivity contribution < 1.29 is 19.0 Å². The smallest absolute Gasteiger partial charge is 0.224 e. The summed E-state index contributed by atoms with van der Waals surface area (Å²) in [4.78, 5) is 11.3. The number of rotatable bonds is 5. The van der Waals surface area contributed by atoms with Crippen LogP contribution >= 0.6 is 24.8 Å². The van der Waals surface area contributed by atoms with Crippen LogP contribution in [0.3, 0.4) is 0 Å². The molecule has 0 atom stereocenters. The van der Waals surface area contributed by atoms with Crippen molar-refractivity contribution in [2.24, 2.45) is 0 Å². The second kappa shape index (κ2) is 9.58. The summed E-state index contributed by atoms with van der Waals surface area (Å²) in [5.41, 5.74) is 0.617. The number of halogens is 2. The standard InChI is InChI=1S/C12H17NO4.2ClH/c1-5-11(14)13-8-6-9(15-2)12(17-4)10(7-8)16-3;;/h6-7H,5H2,1-4H3,(H,13,14);2*1H.